The summed E-state index contributed by atoms with van der Waals surface area (Å²) in [5.41, 5.74) is 6.04. The van der Waals surface area contributed by atoms with Crippen molar-refractivity contribution in [3.63, 3.8) is 0 Å². The Bertz CT molecular complexity index is 130. The van der Waals surface area contributed by atoms with E-state index in [1.807, 2.05) is 11.8 Å². The molecule has 1 rings (SSSR count). The summed E-state index contributed by atoms with van der Waals surface area (Å²) in [4.78, 5) is 0. The third-order valence-electron chi connectivity index (χ3n) is 2.31. The molecule has 0 radical (unpaired) electrons. The molecule has 1 aliphatic rings. The lowest BCUT2D eigenvalue weighted by Gasteiger charge is -2.38. The predicted octanol–water partition coefficient (Wildman–Crippen LogP) is 1.21. The predicted molar refractivity (Wildman–Crippen MR) is 56.6 cm³/mol. The summed E-state index contributed by atoms with van der Waals surface area (Å²) in [5, 5.41) is 3.60. The van der Waals surface area contributed by atoms with Crippen LogP contribution in [0.3, 0.4) is 0 Å². The second-order valence-electron chi connectivity index (χ2n) is 3.94. The van der Waals surface area contributed by atoms with Crippen molar-refractivity contribution in [3.8, 4) is 0 Å². The van der Waals surface area contributed by atoms with Gasteiger partial charge in [-0.3, -0.25) is 0 Å². The maximum absolute atomic E-state index is 5.81. The maximum Gasteiger partial charge on any atom is 0.0397 e. The van der Waals surface area contributed by atoms with E-state index in [1.54, 1.807) is 0 Å². The fourth-order valence-corrected chi connectivity index (χ4v) is 3.03. The molecule has 0 saturated carbocycles. The number of hydrogen-bond acceptors (Lipinski definition) is 3. The Balaban J connectivity index is 2.48. The lowest BCUT2D eigenvalue weighted by atomic mass is 9.94. The van der Waals surface area contributed by atoms with E-state index < -0.39 is 0 Å². The molecule has 0 aliphatic carbocycles. The van der Waals surface area contributed by atoms with Gasteiger partial charge in [0.25, 0.3) is 0 Å². The van der Waals surface area contributed by atoms with Gasteiger partial charge >= 0.3 is 0 Å². The van der Waals surface area contributed by atoms with E-state index in [-0.39, 0.29) is 5.54 Å². The molecule has 1 heterocycles. The summed E-state index contributed by atoms with van der Waals surface area (Å²) in [6.45, 7) is 5.16. The normalized spacial score (nSPS) is 31.0. The number of rotatable bonds is 3. The summed E-state index contributed by atoms with van der Waals surface area (Å²) >= 11 is 2.03. The molecule has 1 fully saturated rings. The van der Waals surface area contributed by atoms with Gasteiger partial charge in [0.05, 0.1) is 0 Å². The molecule has 0 spiro atoms. The van der Waals surface area contributed by atoms with Crippen molar-refractivity contribution in [2.24, 2.45) is 5.73 Å². The van der Waals surface area contributed by atoms with Crippen molar-refractivity contribution in [1.82, 2.24) is 5.32 Å². The Labute approximate surface area is 79.7 Å². The van der Waals surface area contributed by atoms with Gasteiger partial charge in [-0.05, 0) is 18.6 Å². The van der Waals surface area contributed by atoms with Crippen LogP contribution in [0.2, 0.25) is 0 Å². The van der Waals surface area contributed by atoms with Gasteiger partial charge in [0.1, 0.15) is 0 Å². The van der Waals surface area contributed by atoms with E-state index in [1.165, 1.54) is 24.3 Å². The smallest absolute Gasteiger partial charge is 0.0397 e. The van der Waals surface area contributed by atoms with Crippen LogP contribution in [0.25, 0.3) is 0 Å². The summed E-state index contributed by atoms with van der Waals surface area (Å²) in [7, 11) is 0. The molecule has 1 unspecified atom stereocenters. The molecular formula is C9H20N2S. The van der Waals surface area contributed by atoms with Crippen molar-refractivity contribution >= 4 is 11.8 Å². The molecule has 0 bridgehead atoms. The van der Waals surface area contributed by atoms with E-state index in [0.717, 1.165) is 6.54 Å². The van der Waals surface area contributed by atoms with E-state index >= 15 is 0 Å². The van der Waals surface area contributed by atoms with Gasteiger partial charge in [0, 0.05) is 23.9 Å². The summed E-state index contributed by atoms with van der Waals surface area (Å²) in [6.07, 6.45) is 2.55. The Kier molecular flexibility index (Phi) is 3.87. The first-order valence-electron chi connectivity index (χ1n) is 4.74. The topological polar surface area (TPSA) is 38.0 Å². The highest BCUT2D eigenvalue weighted by Crippen LogP contribution is 2.26. The first-order valence-corrected chi connectivity index (χ1v) is 5.89. The highest BCUT2D eigenvalue weighted by atomic mass is 32.2. The number of nitrogens with one attached hydrogen (secondary N) is 1. The molecule has 0 aromatic rings. The van der Waals surface area contributed by atoms with Crippen molar-refractivity contribution in [3.05, 3.63) is 0 Å². The SMILES string of the molecule is CC(C)NC1(CN)CCCSC1. The molecule has 2 nitrogen and oxygen atoms in total. The van der Waals surface area contributed by atoms with Crippen LogP contribution in [0.15, 0.2) is 0 Å². The van der Waals surface area contributed by atoms with Gasteiger partial charge in [-0.2, -0.15) is 11.8 Å². The second-order valence-corrected chi connectivity index (χ2v) is 5.04. The van der Waals surface area contributed by atoms with Gasteiger partial charge in [-0.25, -0.2) is 0 Å². The average molecular weight is 188 g/mol. The third kappa shape index (κ3) is 2.64. The maximum atomic E-state index is 5.81. The molecule has 72 valence electrons. The van der Waals surface area contributed by atoms with E-state index in [4.69, 9.17) is 5.73 Å². The molecule has 3 heteroatoms. The zero-order valence-electron chi connectivity index (χ0n) is 8.10. The highest BCUT2D eigenvalue weighted by molar-refractivity contribution is 7.99. The first kappa shape index (κ1) is 10.4. The quantitative estimate of drug-likeness (QED) is 0.699. The van der Waals surface area contributed by atoms with Crippen molar-refractivity contribution in [1.29, 1.82) is 0 Å². The molecule has 0 amide bonds. The van der Waals surface area contributed by atoms with Crippen LogP contribution in [0.4, 0.5) is 0 Å². The standard InChI is InChI=1S/C9H20N2S/c1-8(2)11-9(6-10)4-3-5-12-7-9/h8,11H,3-7,10H2,1-2H3. The van der Waals surface area contributed by atoms with Gasteiger partial charge in [0.2, 0.25) is 0 Å². The van der Waals surface area contributed by atoms with Crippen LogP contribution in [0.1, 0.15) is 26.7 Å². The van der Waals surface area contributed by atoms with Crippen molar-refractivity contribution in [2.45, 2.75) is 38.3 Å². The molecule has 3 N–H and O–H groups in total. The molecule has 1 saturated heterocycles. The van der Waals surface area contributed by atoms with Crippen LogP contribution < -0.4 is 11.1 Å². The van der Waals surface area contributed by atoms with Crippen LogP contribution in [0, 0.1) is 0 Å². The number of thioether (sulfide) groups is 1. The molecular weight excluding hydrogens is 168 g/mol. The Hall–Kier alpha value is 0.270. The minimum atomic E-state index is 0.233. The summed E-state index contributed by atoms with van der Waals surface area (Å²) in [5.74, 6) is 2.49. The summed E-state index contributed by atoms with van der Waals surface area (Å²) in [6, 6.07) is 0.548. The van der Waals surface area contributed by atoms with E-state index in [9.17, 15) is 0 Å². The van der Waals surface area contributed by atoms with Crippen LogP contribution in [-0.4, -0.2) is 29.6 Å². The largest absolute Gasteiger partial charge is 0.329 e. The lowest BCUT2D eigenvalue weighted by Crippen LogP contribution is -2.57. The Morgan fingerprint density at radius 1 is 1.58 bits per heavy atom. The van der Waals surface area contributed by atoms with Crippen molar-refractivity contribution in [2.75, 3.05) is 18.1 Å². The second kappa shape index (κ2) is 4.49. The average Bonchev–Trinajstić information content (AvgIpc) is 2.05. The van der Waals surface area contributed by atoms with Crippen LogP contribution >= 0.6 is 11.8 Å². The molecule has 0 aromatic heterocycles. The van der Waals surface area contributed by atoms with Crippen molar-refractivity contribution < 1.29 is 0 Å². The fraction of sp³-hybridized carbons (Fsp3) is 1.00. The molecule has 0 aromatic carbocycles. The third-order valence-corrected chi connectivity index (χ3v) is 3.64. The first-order chi connectivity index (χ1) is 5.68. The summed E-state index contributed by atoms with van der Waals surface area (Å²) < 4.78 is 0. The number of nitrogens with two attached hydrogens (primary N) is 1. The molecule has 12 heavy (non-hydrogen) atoms. The van der Waals surface area contributed by atoms with Gasteiger partial charge in [-0.15, -0.1) is 0 Å². The monoisotopic (exact) mass is 188 g/mol. The zero-order valence-corrected chi connectivity index (χ0v) is 8.91. The minimum absolute atomic E-state index is 0.233. The Morgan fingerprint density at radius 3 is 2.75 bits per heavy atom. The van der Waals surface area contributed by atoms with Gasteiger partial charge < -0.3 is 11.1 Å². The Morgan fingerprint density at radius 2 is 2.33 bits per heavy atom. The van der Waals surface area contributed by atoms with Gasteiger partial charge in [0.15, 0.2) is 0 Å². The van der Waals surface area contributed by atoms with E-state index in [0.29, 0.717) is 6.04 Å². The lowest BCUT2D eigenvalue weighted by molar-refractivity contribution is 0.312. The van der Waals surface area contributed by atoms with Crippen LogP contribution in [-0.2, 0) is 0 Å². The minimum Gasteiger partial charge on any atom is -0.329 e. The number of hydrogen-bond donors (Lipinski definition) is 2. The molecule has 1 atom stereocenters. The highest BCUT2D eigenvalue weighted by Gasteiger charge is 2.30. The van der Waals surface area contributed by atoms with Gasteiger partial charge in [-0.1, -0.05) is 13.8 Å². The fourth-order valence-electron chi connectivity index (χ4n) is 1.80. The van der Waals surface area contributed by atoms with E-state index in [2.05, 4.69) is 19.2 Å². The van der Waals surface area contributed by atoms with Crippen LogP contribution in [0.5, 0.6) is 0 Å². The molecule has 1 aliphatic heterocycles. The zero-order chi connectivity index (χ0) is 9.03.